The molecule has 0 amide bonds. The van der Waals surface area contributed by atoms with E-state index in [1.54, 1.807) is 0 Å². The minimum Gasteiger partial charge on any atom is -0.319 e. The highest BCUT2D eigenvalue weighted by Gasteiger charge is 2.09. The summed E-state index contributed by atoms with van der Waals surface area (Å²) >= 11 is 0. The lowest BCUT2D eigenvalue weighted by atomic mass is 9.93. The Morgan fingerprint density at radius 3 is 2.54 bits per heavy atom. The van der Waals surface area contributed by atoms with E-state index in [1.165, 1.54) is 17.5 Å². The summed E-state index contributed by atoms with van der Waals surface area (Å²) in [5.41, 5.74) is 2.89. The molecule has 13 heavy (non-hydrogen) atoms. The molecule has 0 spiro atoms. The molecule has 1 aromatic carbocycles. The lowest BCUT2D eigenvalue weighted by molar-refractivity contribution is 0.609. The molecular formula is C12H19N. The minimum absolute atomic E-state index is 0.659. The summed E-state index contributed by atoms with van der Waals surface area (Å²) in [5, 5.41) is 3.24. The Labute approximate surface area is 81.2 Å². The zero-order valence-corrected chi connectivity index (χ0v) is 8.80. The van der Waals surface area contributed by atoms with Crippen LogP contribution >= 0.6 is 0 Å². The Hall–Kier alpha value is -0.820. The molecule has 0 aromatic heterocycles. The first kappa shape index (κ1) is 10.3. The van der Waals surface area contributed by atoms with E-state index in [-0.39, 0.29) is 0 Å². The summed E-state index contributed by atoms with van der Waals surface area (Å²) in [6, 6.07) is 8.65. The zero-order valence-electron chi connectivity index (χ0n) is 8.80. The largest absolute Gasteiger partial charge is 0.319 e. The Morgan fingerprint density at radius 2 is 2.00 bits per heavy atom. The van der Waals surface area contributed by atoms with Crippen molar-refractivity contribution in [2.75, 3.05) is 13.6 Å². The molecule has 0 radical (unpaired) electrons. The van der Waals surface area contributed by atoms with Gasteiger partial charge in [0.05, 0.1) is 0 Å². The van der Waals surface area contributed by atoms with Crippen LogP contribution in [0.15, 0.2) is 24.3 Å². The molecule has 1 rings (SSSR count). The standard InChI is InChI=1S/C12H19N/c1-4-11(9-13-3)12-8-6-5-7-10(12)2/h5-8,11,13H,4,9H2,1-3H3. The Kier molecular flexibility index (Phi) is 3.97. The monoisotopic (exact) mass is 177 g/mol. The smallest absolute Gasteiger partial charge is 0.00171 e. The number of nitrogens with one attached hydrogen (secondary N) is 1. The third kappa shape index (κ3) is 2.56. The first-order valence-electron chi connectivity index (χ1n) is 4.99. The second-order valence-corrected chi connectivity index (χ2v) is 3.52. The third-order valence-electron chi connectivity index (χ3n) is 2.57. The van der Waals surface area contributed by atoms with Gasteiger partial charge in [0.25, 0.3) is 0 Å². The lowest BCUT2D eigenvalue weighted by Gasteiger charge is -2.16. The zero-order chi connectivity index (χ0) is 9.68. The van der Waals surface area contributed by atoms with Crippen LogP contribution in [0.5, 0.6) is 0 Å². The number of hydrogen-bond donors (Lipinski definition) is 1. The van der Waals surface area contributed by atoms with Gasteiger partial charge < -0.3 is 5.32 Å². The van der Waals surface area contributed by atoms with Gasteiger partial charge in [0, 0.05) is 6.54 Å². The van der Waals surface area contributed by atoms with E-state index in [9.17, 15) is 0 Å². The third-order valence-corrected chi connectivity index (χ3v) is 2.57. The number of benzene rings is 1. The van der Waals surface area contributed by atoms with E-state index in [0.29, 0.717) is 5.92 Å². The topological polar surface area (TPSA) is 12.0 Å². The van der Waals surface area contributed by atoms with Gasteiger partial charge in [-0.05, 0) is 37.4 Å². The van der Waals surface area contributed by atoms with Crippen molar-refractivity contribution in [1.82, 2.24) is 5.32 Å². The van der Waals surface area contributed by atoms with Crippen LogP contribution in [0.2, 0.25) is 0 Å². The predicted molar refractivity (Wildman–Crippen MR) is 58.1 cm³/mol. The van der Waals surface area contributed by atoms with Gasteiger partial charge in [-0.15, -0.1) is 0 Å². The van der Waals surface area contributed by atoms with Crippen LogP contribution in [0, 0.1) is 6.92 Å². The molecule has 0 saturated carbocycles. The van der Waals surface area contributed by atoms with E-state index in [0.717, 1.165) is 6.54 Å². The van der Waals surface area contributed by atoms with Crippen LogP contribution in [0.25, 0.3) is 0 Å². The van der Waals surface area contributed by atoms with Crippen LogP contribution in [0.1, 0.15) is 30.4 Å². The van der Waals surface area contributed by atoms with E-state index < -0.39 is 0 Å². The molecule has 1 heteroatoms. The second kappa shape index (κ2) is 5.03. The molecule has 1 unspecified atom stereocenters. The highest BCUT2D eigenvalue weighted by atomic mass is 14.8. The van der Waals surface area contributed by atoms with Crippen molar-refractivity contribution in [3.05, 3.63) is 35.4 Å². The van der Waals surface area contributed by atoms with Gasteiger partial charge in [0.15, 0.2) is 0 Å². The molecule has 1 atom stereocenters. The fourth-order valence-corrected chi connectivity index (χ4v) is 1.77. The normalized spacial score (nSPS) is 12.8. The molecule has 0 saturated heterocycles. The number of rotatable bonds is 4. The summed E-state index contributed by atoms with van der Waals surface area (Å²) in [6.07, 6.45) is 1.20. The van der Waals surface area contributed by atoms with Gasteiger partial charge in [-0.25, -0.2) is 0 Å². The average Bonchev–Trinajstić information content (AvgIpc) is 2.16. The summed E-state index contributed by atoms with van der Waals surface area (Å²) < 4.78 is 0. The van der Waals surface area contributed by atoms with Crippen LogP contribution < -0.4 is 5.32 Å². The van der Waals surface area contributed by atoms with E-state index in [4.69, 9.17) is 0 Å². The molecule has 1 N–H and O–H groups in total. The highest BCUT2D eigenvalue weighted by molar-refractivity contribution is 5.29. The first-order chi connectivity index (χ1) is 6.29. The molecular weight excluding hydrogens is 158 g/mol. The highest BCUT2D eigenvalue weighted by Crippen LogP contribution is 2.21. The molecule has 0 bridgehead atoms. The fraction of sp³-hybridized carbons (Fsp3) is 0.500. The van der Waals surface area contributed by atoms with Crippen LogP contribution in [-0.2, 0) is 0 Å². The average molecular weight is 177 g/mol. The minimum atomic E-state index is 0.659. The van der Waals surface area contributed by atoms with Crippen LogP contribution in [0.3, 0.4) is 0 Å². The summed E-state index contributed by atoms with van der Waals surface area (Å²) in [4.78, 5) is 0. The fourth-order valence-electron chi connectivity index (χ4n) is 1.77. The van der Waals surface area contributed by atoms with Gasteiger partial charge in [-0.1, -0.05) is 31.2 Å². The van der Waals surface area contributed by atoms with Crippen molar-refractivity contribution in [2.45, 2.75) is 26.2 Å². The molecule has 0 aliphatic heterocycles. The van der Waals surface area contributed by atoms with Crippen molar-refractivity contribution in [3.63, 3.8) is 0 Å². The van der Waals surface area contributed by atoms with Crippen molar-refractivity contribution in [2.24, 2.45) is 0 Å². The van der Waals surface area contributed by atoms with Crippen LogP contribution in [-0.4, -0.2) is 13.6 Å². The first-order valence-corrected chi connectivity index (χ1v) is 4.99. The van der Waals surface area contributed by atoms with Gasteiger partial charge in [-0.2, -0.15) is 0 Å². The maximum absolute atomic E-state index is 3.24. The molecule has 1 aromatic rings. The SMILES string of the molecule is CCC(CNC)c1ccccc1C. The molecule has 0 fully saturated rings. The summed E-state index contributed by atoms with van der Waals surface area (Å²) in [6.45, 7) is 5.50. The maximum atomic E-state index is 3.24. The van der Waals surface area contributed by atoms with E-state index in [2.05, 4.69) is 43.4 Å². The van der Waals surface area contributed by atoms with E-state index in [1.807, 2.05) is 7.05 Å². The maximum Gasteiger partial charge on any atom is 0.00171 e. The Balaban J connectivity index is 2.84. The molecule has 0 aliphatic carbocycles. The van der Waals surface area contributed by atoms with E-state index >= 15 is 0 Å². The predicted octanol–water partition coefficient (Wildman–Crippen LogP) is 2.71. The second-order valence-electron chi connectivity index (χ2n) is 3.52. The van der Waals surface area contributed by atoms with Gasteiger partial charge in [0.1, 0.15) is 0 Å². The Morgan fingerprint density at radius 1 is 1.31 bits per heavy atom. The summed E-state index contributed by atoms with van der Waals surface area (Å²) in [7, 11) is 2.01. The van der Waals surface area contributed by atoms with Crippen molar-refractivity contribution >= 4 is 0 Å². The van der Waals surface area contributed by atoms with Gasteiger partial charge in [-0.3, -0.25) is 0 Å². The van der Waals surface area contributed by atoms with Crippen LogP contribution in [0.4, 0.5) is 0 Å². The molecule has 1 nitrogen and oxygen atoms in total. The molecule has 0 aliphatic rings. The molecule has 72 valence electrons. The van der Waals surface area contributed by atoms with Gasteiger partial charge in [0.2, 0.25) is 0 Å². The van der Waals surface area contributed by atoms with Gasteiger partial charge >= 0.3 is 0 Å². The summed E-state index contributed by atoms with van der Waals surface area (Å²) in [5.74, 6) is 0.659. The Bertz CT molecular complexity index is 255. The lowest BCUT2D eigenvalue weighted by Crippen LogP contribution is -2.17. The quantitative estimate of drug-likeness (QED) is 0.745. The van der Waals surface area contributed by atoms with Crippen molar-refractivity contribution in [1.29, 1.82) is 0 Å². The van der Waals surface area contributed by atoms with Crippen molar-refractivity contribution in [3.8, 4) is 0 Å². The number of likely N-dealkylation sites (N-methyl/N-ethyl adjacent to an activating group) is 1. The molecule has 0 heterocycles. The van der Waals surface area contributed by atoms with Crippen molar-refractivity contribution < 1.29 is 0 Å². The number of aryl methyl sites for hydroxylation is 1. The number of hydrogen-bond acceptors (Lipinski definition) is 1.